The minimum absolute atomic E-state index is 0.142. The van der Waals surface area contributed by atoms with Crippen LogP contribution in [0.5, 0.6) is 0 Å². The monoisotopic (exact) mass is 298 g/mol. The Morgan fingerprint density at radius 3 is 2.41 bits per heavy atom. The summed E-state index contributed by atoms with van der Waals surface area (Å²) in [6.07, 6.45) is 0. The summed E-state index contributed by atoms with van der Waals surface area (Å²) in [4.78, 5) is 14.2. The Bertz CT molecular complexity index is 596. The molecule has 1 N–H and O–H groups in total. The second-order valence-electron chi connectivity index (χ2n) is 5.46. The molecule has 22 heavy (non-hydrogen) atoms. The lowest BCUT2D eigenvalue weighted by Gasteiger charge is -2.20. The third-order valence-corrected chi connectivity index (χ3v) is 3.20. The second kappa shape index (κ2) is 7.54. The average molecular weight is 298 g/mol. The van der Waals surface area contributed by atoms with Crippen LogP contribution in [0.3, 0.4) is 0 Å². The van der Waals surface area contributed by atoms with E-state index < -0.39 is 0 Å². The van der Waals surface area contributed by atoms with Crippen LogP contribution >= 0.6 is 0 Å². The van der Waals surface area contributed by atoms with Crippen molar-refractivity contribution >= 4 is 17.4 Å². The molecule has 5 nitrogen and oxygen atoms in total. The number of anilines is 2. The molecule has 1 heterocycles. The van der Waals surface area contributed by atoms with Crippen LogP contribution in [-0.2, 0) is 0 Å². The molecule has 0 aliphatic rings. The van der Waals surface area contributed by atoms with E-state index >= 15 is 0 Å². The van der Waals surface area contributed by atoms with Crippen molar-refractivity contribution in [1.82, 2.24) is 10.2 Å². The molecule has 0 radical (unpaired) electrons. The number of rotatable bonds is 6. The predicted molar refractivity (Wildman–Crippen MR) is 89.2 cm³/mol. The number of hydrogen-bond donors (Lipinski definition) is 1. The van der Waals surface area contributed by atoms with E-state index in [1.54, 1.807) is 17.0 Å². The normalized spacial score (nSPS) is 10.5. The molecule has 1 aromatic heterocycles. The van der Waals surface area contributed by atoms with Gasteiger partial charge in [-0.2, -0.15) is 0 Å². The molecule has 0 atom stereocenters. The Balaban J connectivity index is 2.11. The van der Waals surface area contributed by atoms with E-state index in [9.17, 15) is 4.79 Å². The number of carbonyl (C=O) groups excluding carboxylic acids is 1. The Kier molecular flexibility index (Phi) is 5.47. The topological polar surface area (TPSA) is 58.1 Å². The molecule has 0 unspecified atom stereocenters. The molecule has 2 aromatic rings. The fourth-order valence-electron chi connectivity index (χ4n) is 2.04. The highest BCUT2D eigenvalue weighted by atomic mass is 16.2. The van der Waals surface area contributed by atoms with Gasteiger partial charge in [0.05, 0.1) is 0 Å². The molecule has 0 spiro atoms. The summed E-state index contributed by atoms with van der Waals surface area (Å²) < 4.78 is 0. The fourth-order valence-corrected chi connectivity index (χ4v) is 2.04. The van der Waals surface area contributed by atoms with Crippen LogP contribution in [0.1, 0.15) is 31.3 Å². The van der Waals surface area contributed by atoms with Gasteiger partial charge in [-0.25, -0.2) is 0 Å². The fraction of sp³-hybridized carbons (Fsp3) is 0.353. The SMILES string of the molecule is CCN(C(=O)c1ccc(NCC(C)C)nn1)c1ccccc1. The Morgan fingerprint density at radius 2 is 1.86 bits per heavy atom. The number of nitrogens with zero attached hydrogens (tertiary/aromatic N) is 3. The zero-order chi connectivity index (χ0) is 15.9. The van der Waals surface area contributed by atoms with Crippen LogP contribution in [0.25, 0.3) is 0 Å². The van der Waals surface area contributed by atoms with Gasteiger partial charge in [-0.15, -0.1) is 10.2 Å². The van der Waals surface area contributed by atoms with Gasteiger partial charge >= 0.3 is 0 Å². The number of amides is 1. The van der Waals surface area contributed by atoms with E-state index in [0.29, 0.717) is 24.0 Å². The van der Waals surface area contributed by atoms with Crippen molar-refractivity contribution in [1.29, 1.82) is 0 Å². The van der Waals surface area contributed by atoms with E-state index in [1.807, 2.05) is 37.3 Å². The molecule has 116 valence electrons. The average Bonchev–Trinajstić information content (AvgIpc) is 2.55. The maximum Gasteiger partial charge on any atom is 0.278 e. The number of benzene rings is 1. The van der Waals surface area contributed by atoms with Gasteiger partial charge in [0, 0.05) is 18.8 Å². The van der Waals surface area contributed by atoms with E-state index in [0.717, 1.165) is 12.2 Å². The van der Waals surface area contributed by atoms with Gasteiger partial charge in [-0.3, -0.25) is 4.79 Å². The number of carbonyl (C=O) groups is 1. The van der Waals surface area contributed by atoms with Crippen LogP contribution in [0.4, 0.5) is 11.5 Å². The van der Waals surface area contributed by atoms with Gasteiger partial charge in [-0.05, 0) is 37.1 Å². The molecule has 0 aliphatic carbocycles. The number of aromatic nitrogens is 2. The maximum absolute atomic E-state index is 12.6. The molecule has 1 amide bonds. The zero-order valence-electron chi connectivity index (χ0n) is 13.3. The molecule has 5 heteroatoms. The van der Waals surface area contributed by atoms with Crippen LogP contribution in [0, 0.1) is 5.92 Å². The van der Waals surface area contributed by atoms with Crippen molar-refractivity contribution in [2.75, 3.05) is 23.3 Å². The van der Waals surface area contributed by atoms with Crippen molar-refractivity contribution < 1.29 is 4.79 Å². The summed E-state index contributed by atoms with van der Waals surface area (Å²) in [5, 5.41) is 11.3. The molecule has 0 bridgehead atoms. The summed E-state index contributed by atoms with van der Waals surface area (Å²) in [6, 6.07) is 13.1. The first-order valence-electron chi connectivity index (χ1n) is 7.56. The number of nitrogens with one attached hydrogen (secondary N) is 1. The molecule has 0 fully saturated rings. The largest absolute Gasteiger partial charge is 0.368 e. The van der Waals surface area contributed by atoms with Gasteiger partial charge < -0.3 is 10.2 Å². The molecule has 1 aromatic carbocycles. The maximum atomic E-state index is 12.6. The van der Waals surface area contributed by atoms with E-state index in [2.05, 4.69) is 29.4 Å². The minimum atomic E-state index is -0.142. The quantitative estimate of drug-likeness (QED) is 0.889. The van der Waals surface area contributed by atoms with Gasteiger partial charge in [-0.1, -0.05) is 32.0 Å². The molecule has 0 aliphatic heterocycles. The van der Waals surface area contributed by atoms with Crippen LogP contribution in [0.2, 0.25) is 0 Å². The smallest absolute Gasteiger partial charge is 0.278 e. The van der Waals surface area contributed by atoms with Crippen molar-refractivity contribution in [2.24, 2.45) is 5.92 Å². The summed E-state index contributed by atoms with van der Waals surface area (Å²) in [6.45, 7) is 7.59. The van der Waals surface area contributed by atoms with Crippen molar-refractivity contribution in [2.45, 2.75) is 20.8 Å². The molecular formula is C17H22N4O. The molecule has 2 rings (SSSR count). The molecular weight excluding hydrogens is 276 g/mol. The summed E-state index contributed by atoms with van der Waals surface area (Å²) in [5.41, 5.74) is 1.21. The first-order valence-corrected chi connectivity index (χ1v) is 7.56. The summed E-state index contributed by atoms with van der Waals surface area (Å²) in [7, 11) is 0. The molecule has 0 saturated carbocycles. The second-order valence-corrected chi connectivity index (χ2v) is 5.46. The number of para-hydroxylation sites is 1. The first kappa shape index (κ1) is 15.9. The standard InChI is InChI=1S/C17H22N4O/c1-4-21(14-8-6-5-7-9-14)17(22)15-10-11-16(20-19-15)18-12-13(2)3/h5-11,13H,4,12H2,1-3H3,(H,18,20). The zero-order valence-corrected chi connectivity index (χ0v) is 13.3. The van der Waals surface area contributed by atoms with Crippen molar-refractivity contribution in [3.8, 4) is 0 Å². The highest BCUT2D eigenvalue weighted by molar-refractivity contribution is 6.04. The molecule has 0 saturated heterocycles. The lowest BCUT2D eigenvalue weighted by Crippen LogP contribution is -2.31. The van der Waals surface area contributed by atoms with Crippen LogP contribution < -0.4 is 10.2 Å². The van der Waals surface area contributed by atoms with E-state index in [1.165, 1.54) is 0 Å². The van der Waals surface area contributed by atoms with Crippen molar-refractivity contribution in [3.63, 3.8) is 0 Å². The van der Waals surface area contributed by atoms with Crippen LogP contribution in [0.15, 0.2) is 42.5 Å². The lowest BCUT2D eigenvalue weighted by molar-refractivity contribution is 0.0982. The Morgan fingerprint density at radius 1 is 1.14 bits per heavy atom. The third-order valence-electron chi connectivity index (χ3n) is 3.20. The highest BCUT2D eigenvalue weighted by Gasteiger charge is 2.17. The van der Waals surface area contributed by atoms with E-state index in [-0.39, 0.29) is 5.91 Å². The van der Waals surface area contributed by atoms with Gasteiger partial charge in [0.2, 0.25) is 0 Å². The van der Waals surface area contributed by atoms with Gasteiger partial charge in [0.15, 0.2) is 5.69 Å². The Labute approximate surface area is 131 Å². The third kappa shape index (κ3) is 4.04. The van der Waals surface area contributed by atoms with Gasteiger partial charge in [0.1, 0.15) is 5.82 Å². The lowest BCUT2D eigenvalue weighted by atomic mass is 10.2. The Hall–Kier alpha value is -2.43. The van der Waals surface area contributed by atoms with Gasteiger partial charge in [0.25, 0.3) is 5.91 Å². The van der Waals surface area contributed by atoms with E-state index in [4.69, 9.17) is 0 Å². The number of hydrogen-bond acceptors (Lipinski definition) is 4. The van der Waals surface area contributed by atoms with Crippen LogP contribution in [-0.4, -0.2) is 29.2 Å². The first-order chi connectivity index (χ1) is 10.6. The van der Waals surface area contributed by atoms with Crippen molar-refractivity contribution in [3.05, 3.63) is 48.2 Å². The summed E-state index contributed by atoms with van der Waals surface area (Å²) >= 11 is 0. The summed E-state index contributed by atoms with van der Waals surface area (Å²) in [5.74, 6) is 1.07. The highest BCUT2D eigenvalue weighted by Crippen LogP contribution is 2.16. The minimum Gasteiger partial charge on any atom is -0.368 e. The predicted octanol–water partition coefficient (Wildman–Crippen LogP) is 3.21.